The number of likely N-dealkylation sites (tertiary alicyclic amines) is 1. The minimum Gasteiger partial charge on any atom is -0.497 e. The second-order valence-corrected chi connectivity index (χ2v) is 7.04. The topological polar surface area (TPSA) is 68.5 Å². The molecule has 1 saturated heterocycles. The molecule has 28 heavy (non-hydrogen) atoms. The van der Waals surface area contributed by atoms with Gasteiger partial charge in [-0.25, -0.2) is 0 Å². The van der Waals surface area contributed by atoms with Crippen LogP contribution in [0.25, 0.3) is 11.4 Å². The first-order valence-electron chi connectivity index (χ1n) is 9.51. The summed E-state index contributed by atoms with van der Waals surface area (Å²) in [5.74, 6) is 2.15. The zero-order valence-corrected chi connectivity index (χ0v) is 15.9. The van der Waals surface area contributed by atoms with Gasteiger partial charge in [0.05, 0.1) is 13.7 Å². The van der Waals surface area contributed by atoms with E-state index in [0.717, 1.165) is 36.3 Å². The van der Waals surface area contributed by atoms with Gasteiger partial charge in [-0.15, -0.1) is 0 Å². The Hall–Kier alpha value is -2.99. The minimum atomic E-state index is 0.0140. The van der Waals surface area contributed by atoms with Crippen molar-refractivity contribution in [3.8, 4) is 17.1 Å². The summed E-state index contributed by atoms with van der Waals surface area (Å²) in [6.45, 7) is 2.20. The monoisotopic (exact) mass is 377 g/mol. The maximum absolute atomic E-state index is 12.8. The average Bonchev–Trinajstić information content (AvgIpc) is 3.22. The molecule has 1 aromatic heterocycles. The quantitative estimate of drug-likeness (QED) is 0.608. The molecule has 4 rings (SSSR count). The van der Waals surface area contributed by atoms with E-state index in [1.807, 2.05) is 54.6 Å². The molecule has 0 amide bonds. The Morgan fingerprint density at radius 1 is 1.18 bits per heavy atom. The van der Waals surface area contributed by atoms with Gasteiger partial charge in [-0.1, -0.05) is 35.5 Å². The summed E-state index contributed by atoms with van der Waals surface area (Å²) in [7, 11) is 1.63. The van der Waals surface area contributed by atoms with Gasteiger partial charge in [0.1, 0.15) is 5.75 Å². The van der Waals surface area contributed by atoms with Gasteiger partial charge in [-0.05, 0) is 43.7 Å². The fourth-order valence-electron chi connectivity index (χ4n) is 3.62. The van der Waals surface area contributed by atoms with Crippen LogP contribution in [-0.4, -0.2) is 41.0 Å². The Bertz CT molecular complexity index is 922. The fraction of sp³-hybridized carbons (Fsp3) is 0.318. The Morgan fingerprint density at radius 2 is 1.96 bits per heavy atom. The highest BCUT2D eigenvalue weighted by Gasteiger charge is 2.27. The molecule has 2 aromatic carbocycles. The highest BCUT2D eigenvalue weighted by molar-refractivity contribution is 5.98. The Kier molecular flexibility index (Phi) is 5.48. The normalized spacial score (nSPS) is 17.4. The van der Waals surface area contributed by atoms with Crippen molar-refractivity contribution >= 4 is 5.78 Å². The first-order chi connectivity index (χ1) is 13.7. The maximum Gasteiger partial charge on any atom is 0.241 e. The van der Waals surface area contributed by atoms with Gasteiger partial charge in [0.25, 0.3) is 0 Å². The number of hydrogen-bond donors (Lipinski definition) is 0. The van der Waals surface area contributed by atoms with Crippen LogP contribution in [0.4, 0.5) is 0 Å². The zero-order valence-electron chi connectivity index (χ0n) is 15.9. The fourth-order valence-corrected chi connectivity index (χ4v) is 3.62. The summed E-state index contributed by atoms with van der Waals surface area (Å²) in [5.41, 5.74) is 1.67. The number of carbonyl (C=O) groups is 1. The number of rotatable bonds is 6. The van der Waals surface area contributed by atoms with Crippen LogP contribution in [-0.2, 0) is 6.54 Å². The number of hydrogen-bond acceptors (Lipinski definition) is 6. The number of ketones is 1. The number of nitrogens with zero attached hydrogens (tertiary/aromatic N) is 3. The van der Waals surface area contributed by atoms with Crippen LogP contribution in [0.2, 0.25) is 0 Å². The number of aromatic nitrogens is 2. The van der Waals surface area contributed by atoms with Crippen molar-refractivity contribution < 1.29 is 14.1 Å². The first-order valence-corrected chi connectivity index (χ1v) is 9.51. The molecule has 0 N–H and O–H groups in total. The molecule has 0 saturated carbocycles. The Balaban J connectivity index is 1.40. The molecule has 0 bridgehead atoms. The predicted octanol–water partition coefficient (Wildman–Crippen LogP) is 3.84. The van der Waals surface area contributed by atoms with Crippen molar-refractivity contribution in [3.63, 3.8) is 0 Å². The molecule has 3 aromatic rings. The minimum absolute atomic E-state index is 0.0140. The van der Waals surface area contributed by atoms with Crippen LogP contribution >= 0.6 is 0 Å². The Morgan fingerprint density at radius 3 is 2.71 bits per heavy atom. The number of ether oxygens (including phenoxy) is 1. The van der Waals surface area contributed by atoms with E-state index in [1.165, 1.54) is 0 Å². The molecular formula is C22H23N3O3. The van der Waals surface area contributed by atoms with Gasteiger partial charge in [0, 0.05) is 23.6 Å². The molecule has 6 nitrogen and oxygen atoms in total. The molecule has 0 aliphatic carbocycles. The summed E-state index contributed by atoms with van der Waals surface area (Å²) in [6, 6.07) is 17.1. The number of methoxy groups -OCH3 is 1. The summed E-state index contributed by atoms with van der Waals surface area (Å²) >= 11 is 0. The number of Topliss-reactive ketones (excluding diaryl/α,β-unsaturated/α-hetero) is 1. The van der Waals surface area contributed by atoms with Crippen molar-refractivity contribution in [2.45, 2.75) is 19.4 Å². The summed E-state index contributed by atoms with van der Waals surface area (Å²) in [5, 5.41) is 4.09. The van der Waals surface area contributed by atoms with Gasteiger partial charge in [0.2, 0.25) is 11.7 Å². The molecule has 1 aliphatic heterocycles. The second-order valence-electron chi connectivity index (χ2n) is 7.04. The summed E-state index contributed by atoms with van der Waals surface area (Å²) < 4.78 is 10.6. The maximum atomic E-state index is 12.8. The van der Waals surface area contributed by atoms with E-state index in [9.17, 15) is 4.79 Å². The number of carbonyl (C=O) groups excluding carboxylic acids is 1. The van der Waals surface area contributed by atoms with Crippen LogP contribution in [0.1, 0.15) is 29.1 Å². The summed E-state index contributed by atoms with van der Waals surface area (Å²) in [4.78, 5) is 19.5. The smallest absolute Gasteiger partial charge is 0.241 e. The van der Waals surface area contributed by atoms with Crippen molar-refractivity contribution in [2.75, 3.05) is 20.2 Å². The van der Waals surface area contributed by atoms with Gasteiger partial charge in [-0.3, -0.25) is 9.69 Å². The van der Waals surface area contributed by atoms with E-state index in [-0.39, 0.29) is 11.7 Å². The lowest BCUT2D eigenvalue weighted by molar-refractivity contribution is 0.0797. The average molecular weight is 377 g/mol. The van der Waals surface area contributed by atoms with Crippen LogP contribution in [0, 0.1) is 5.92 Å². The SMILES string of the molecule is COc1ccc(-c2noc(CN3CCC[C@H](C(=O)c4ccccc4)C3)n2)cc1. The predicted molar refractivity (Wildman–Crippen MR) is 105 cm³/mol. The zero-order chi connectivity index (χ0) is 19.3. The van der Waals surface area contributed by atoms with Gasteiger partial charge >= 0.3 is 0 Å². The Labute approximate surface area is 164 Å². The van der Waals surface area contributed by atoms with E-state index >= 15 is 0 Å². The molecule has 0 radical (unpaired) electrons. The number of piperidine rings is 1. The van der Waals surface area contributed by atoms with Crippen molar-refractivity contribution in [1.29, 1.82) is 0 Å². The van der Waals surface area contributed by atoms with Gasteiger partial charge in [-0.2, -0.15) is 4.98 Å². The molecule has 1 aliphatic rings. The lowest BCUT2D eigenvalue weighted by atomic mass is 9.90. The molecule has 1 atom stereocenters. The lowest BCUT2D eigenvalue weighted by Crippen LogP contribution is -2.38. The van der Waals surface area contributed by atoms with Gasteiger partial charge < -0.3 is 9.26 Å². The molecular weight excluding hydrogens is 354 g/mol. The highest BCUT2D eigenvalue weighted by atomic mass is 16.5. The highest BCUT2D eigenvalue weighted by Crippen LogP contribution is 2.23. The largest absolute Gasteiger partial charge is 0.497 e. The molecule has 144 valence electrons. The molecule has 6 heteroatoms. The van der Waals surface area contributed by atoms with E-state index in [2.05, 4.69) is 15.0 Å². The van der Waals surface area contributed by atoms with Crippen molar-refractivity contribution in [3.05, 3.63) is 66.1 Å². The van der Waals surface area contributed by atoms with E-state index in [4.69, 9.17) is 9.26 Å². The third-order valence-electron chi connectivity index (χ3n) is 5.11. The molecule has 2 heterocycles. The lowest BCUT2D eigenvalue weighted by Gasteiger charge is -2.30. The van der Waals surface area contributed by atoms with Crippen molar-refractivity contribution in [1.82, 2.24) is 15.0 Å². The third-order valence-corrected chi connectivity index (χ3v) is 5.11. The van der Waals surface area contributed by atoms with Gasteiger partial charge in [0.15, 0.2) is 5.78 Å². The van der Waals surface area contributed by atoms with E-state index in [1.54, 1.807) is 7.11 Å². The van der Waals surface area contributed by atoms with Crippen LogP contribution in [0.3, 0.4) is 0 Å². The molecule has 0 unspecified atom stereocenters. The first kappa shape index (κ1) is 18.4. The number of benzene rings is 2. The van der Waals surface area contributed by atoms with Crippen molar-refractivity contribution in [2.24, 2.45) is 5.92 Å². The third kappa shape index (κ3) is 4.12. The summed E-state index contributed by atoms with van der Waals surface area (Å²) in [6.07, 6.45) is 1.91. The van der Waals surface area contributed by atoms with Crippen LogP contribution in [0.5, 0.6) is 5.75 Å². The van der Waals surface area contributed by atoms with Crippen LogP contribution in [0.15, 0.2) is 59.1 Å². The van der Waals surface area contributed by atoms with E-state index in [0.29, 0.717) is 24.8 Å². The van der Waals surface area contributed by atoms with Crippen LogP contribution < -0.4 is 4.74 Å². The van der Waals surface area contributed by atoms with E-state index < -0.39 is 0 Å². The second kappa shape index (κ2) is 8.35. The molecule has 0 spiro atoms. The molecule has 1 fully saturated rings. The standard InChI is InChI=1S/C22H23N3O3/c1-27-19-11-9-17(10-12-19)22-23-20(28-24-22)15-25-13-5-8-18(14-25)21(26)16-6-3-2-4-7-16/h2-4,6-7,9-12,18H,5,8,13-15H2,1H3/t18-/m0/s1.